The van der Waals surface area contributed by atoms with Gasteiger partial charge < -0.3 is 14.4 Å². The highest BCUT2D eigenvalue weighted by Gasteiger charge is 2.67. The average Bonchev–Trinajstić information content (AvgIpc) is 3.28. The molecule has 3 heterocycles. The van der Waals surface area contributed by atoms with Crippen molar-refractivity contribution in [2.45, 2.75) is 38.4 Å². The van der Waals surface area contributed by atoms with Gasteiger partial charge >= 0.3 is 5.97 Å². The number of benzene rings is 1. The number of carbonyl (C=O) groups excluding carboxylic acids is 2. The lowest BCUT2D eigenvalue weighted by atomic mass is 9.77. The first kappa shape index (κ1) is 16.3. The van der Waals surface area contributed by atoms with Gasteiger partial charge in [0, 0.05) is 5.69 Å². The molecule has 1 aromatic carbocycles. The number of carbonyl (C=O) groups is 2. The maximum Gasteiger partial charge on any atom is 0.312 e. The molecule has 0 radical (unpaired) electrons. The van der Waals surface area contributed by atoms with Gasteiger partial charge in [0.1, 0.15) is 11.5 Å². The maximum atomic E-state index is 13.1. The molecule has 5 nitrogen and oxygen atoms in total. The van der Waals surface area contributed by atoms with E-state index in [1.807, 2.05) is 43.3 Å². The van der Waals surface area contributed by atoms with Gasteiger partial charge in [0.25, 0.3) is 0 Å². The molecule has 25 heavy (non-hydrogen) atoms. The van der Waals surface area contributed by atoms with Gasteiger partial charge in [0.2, 0.25) is 5.91 Å². The first-order chi connectivity index (χ1) is 12.1. The molecule has 4 atom stereocenters. The van der Waals surface area contributed by atoms with E-state index in [9.17, 15) is 9.59 Å². The summed E-state index contributed by atoms with van der Waals surface area (Å²) in [5, 5.41) is 0. The van der Waals surface area contributed by atoms with Crippen LogP contribution < -0.4 is 4.90 Å². The minimum Gasteiger partial charge on any atom is -0.465 e. The highest BCUT2D eigenvalue weighted by molar-refractivity contribution is 6.02. The summed E-state index contributed by atoms with van der Waals surface area (Å²) in [6.07, 6.45) is 5.25. The summed E-state index contributed by atoms with van der Waals surface area (Å²) in [4.78, 5) is 27.4. The molecule has 0 unspecified atom stereocenters. The normalized spacial score (nSPS) is 32.3. The van der Waals surface area contributed by atoms with Crippen LogP contribution in [0.1, 0.15) is 25.8 Å². The highest BCUT2D eigenvalue weighted by atomic mass is 16.6. The molecule has 3 aliphatic rings. The molecule has 1 amide bonds. The number of fused-ring (bicyclic) bond motifs is 1. The number of nitrogens with zero attached hydrogens (tertiary/aromatic N) is 1. The fraction of sp³-hybridized carbons (Fsp3) is 0.500. The smallest absolute Gasteiger partial charge is 0.312 e. The van der Waals surface area contributed by atoms with Crippen molar-refractivity contribution in [3.63, 3.8) is 0 Å². The van der Waals surface area contributed by atoms with Gasteiger partial charge in [-0.25, -0.2) is 0 Å². The van der Waals surface area contributed by atoms with Crippen LogP contribution in [-0.2, 0) is 25.5 Å². The number of amides is 1. The molecule has 2 fully saturated rings. The van der Waals surface area contributed by atoms with Gasteiger partial charge in [-0.05, 0) is 30.5 Å². The average molecular weight is 341 g/mol. The van der Waals surface area contributed by atoms with E-state index in [2.05, 4.69) is 6.92 Å². The number of hydrogen-bond acceptors (Lipinski definition) is 4. The summed E-state index contributed by atoms with van der Waals surface area (Å²) in [6, 6.07) is 8.01. The van der Waals surface area contributed by atoms with E-state index in [-0.39, 0.29) is 18.0 Å². The third-order valence-corrected chi connectivity index (χ3v) is 5.48. The molecule has 0 aliphatic carbocycles. The second-order valence-electron chi connectivity index (χ2n) is 7.01. The first-order valence-electron chi connectivity index (χ1n) is 9.04. The Morgan fingerprint density at radius 2 is 2.08 bits per heavy atom. The third-order valence-electron chi connectivity index (χ3n) is 5.48. The van der Waals surface area contributed by atoms with Gasteiger partial charge in [-0.15, -0.1) is 0 Å². The van der Waals surface area contributed by atoms with Crippen LogP contribution in [0.25, 0.3) is 0 Å². The predicted octanol–water partition coefficient (Wildman–Crippen LogP) is 2.49. The Hall–Kier alpha value is -2.14. The lowest BCUT2D eigenvalue weighted by molar-refractivity contribution is -0.152. The first-order valence-corrected chi connectivity index (χ1v) is 9.04. The molecule has 2 bridgehead atoms. The van der Waals surface area contributed by atoms with Crippen LogP contribution in [-0.4, -0.2) is 36.7 Å². The van der Waals surface area contributed by atoms with Crippen molar-refractivity contribution < 1.29 is 19.1 Å². The number of ether oxygens (including phenoxy) is 2. The SMILES string of the molecule is CCCOC(=O)[C@@H]1[C@H]2C=C[C@@]3(CN(c4ccc(CC)cc4)C(=O)[C@@H]13)O2. The highest BCUT2D eigenvalue weighted by Crippen LogP contribution is 2.52. The van der Waals surface area contributed by atoms with Crippen LogP contribution in [0.2, 0.25) is 0 Å². The minimum absolute atomic E-state index is 0.0467. The van der Waals surface area contributed by atoms with E-state index >= 15 is 0 Å². The second kappa shape index (κ2) is 5.99. The van der Waals surface area contributed by atoms with E-state index in [4.69, 9.17) is 9.47 Å². The van der Waals surface area contributed by atoms with E-state index in [1.54, 1.807) is 4.90 Å². The largest absolute Gasteiger partial charge is 0.465 e. The monoisotopic (exact) mass is 341 g/mol. The van der Waals surface area contributed by atoms with Gasteiger partial charge in [0.15, 0.2) is 0 Å². The van der Waals surface area contributed by atoms with Gasteiger partial charge in [-0.1, -0.05) is 38.1 Å². The molecule has 1 spiro atoms. The topological polar surface area (TPSA) is 55.8 Å². The Balaban J connectivity index is 1.61. The molecule has 1 aromatic rings. The second-order valence-corrected chi connectivity index (χ2v) is 7.01. The van der Waals surface area contributed by atoms with Crippen molar-refractivity contribution in [1.82, 2.24) is 0 Å². The van der Waals surface area contributed by atoms with Crippen LogP contribution in [0, 0.1) is 11.8 Å². The number of esters is 1. The molecule has 0 aromatic heterocycles. The van der Waals surface area contributed by atoms with Gasteiger partial charge in [0.05, 0.1) is 25.2 Å². The van der Waals surface area contributed by atoms with E-state index in [0.29, 0.717) is 13.2 Å². The Bertz CT molecular complexity index is 726. The molecule has 4 rings (SSSR count). The number of rotatable bonds is 5. The standard InChI is InChI=1S/C20H23NO4/c1-3-11-24-19(23)16-15-9-10-20(25-15)12-21(18(22)17(16)20)14-7-5-13(4-2)6-8-14/h5-10,15-17H,3-4,11-12H2,1-2H3/t15-,16-,17-,20+/m1/s1. The van der Waals surface area contributed by atoms with Crippen LogP contribution in [0.5, 0.6) is 0 Å². The zero-order valence-corrected chi connectivity index (χ0v) is 14.6. The van der Waals surface area contributed by atoms with Crippen molar-refractivity contribution >= 4 is 17.6 Å². The van der Waals surface area contributed by atoms with Crippen LogP contribution in [0.3, 0.4) is 0 Å². The molecule has 0 saturated carbocycles. The molecule has 132 valence electrons. The Kier molecular flexibility index (Phi) is 3.91. The molecule has 2 saturated heterocycles. The third kappa shape index (κ3) is 2.41. The van der Waals surface area contributed by atoms with Crippen LogP contribution in [0.4, 0.5) is 5.69 Å². The van der Waals surface area contributed by atoms with Crippen LogP contribution >= 0.6 is 0 Å². The fourth-order valence-electron chi connectivity index (χ4n) is 4.20. The number of aryl methyl sites for hydroxylation is 1. The summed E-state index contributed by atoms with van der Waals surface area (Å²) in [5.41, 5.74) is 1.39. The summed E-state index contributed by atoms with van der Waals surface area (Å²) in [6.45, 7) is 4.88. The molecular weight excluding hydrogens is 318 g/mol. The summed E-state index contributed by atoms with van der Waals surface area (Å²) < 4.78 is 11.4. The number of anilines is 1. The maximum absolute atomic E-state index is 13.1. The lowest BCUT2D eigenvalue weighted by Gasteiger charge is -2.22. The summed E-state index contributed by atoms with van der Waals surface area (Å²) >= 11 is 0. The summed E-state index contributed by atoms with van der Waals surface area (Å²) in [7, 11) is 0. The quantitative estimate of drug-likeness (QED) is 0.610. The molecule has 5 heteroatoms. The minimum atomic E-state index is -0.693. The van der Waals surface area contributed by atoms with Crippen molar-refractivity contribution in [3.05, 3.63) is 42.0 Å². The lowest BCUT2D eigenvalue weighted by Crippen LogP contribution is -2.40. The number of hydrogen-bond donors (Lipinski definition) is 0. The molecule has 0 N–H and O–H groups in total. The fourth-order valence-corrected chi connectivity index (χ4v) is 4.20. The predicted molar refractivity (Wildman–Crippen MR) is 93.1 cm³/mol. The van der Waals surface area contributed by atoms with Crippen molar-refractivity contribution in [3.8, 4) is 0 Å². The Morgan fingerprint density at radius 3 is 2.76 bits per heavy atom. The van der Waals surface area contributed by atoms with Gasteiger partial charge in [-0.3, -0.25) is 9.59 Å². The van der Waals surface area contributed by atoms with E-state index in [1.165, 1.54) is 5.56 Å². The van der Waals surface area contributed by atoms with Crippen molar-refractivity contribution in [2.75, 3.05) is 18.1 Å². The zero-order valence-electron chi connectivity index (χ0n) is 14.6. The van der Waals surface area contributed by atoms with Crippen LogP contribution in [0.15, 0.2) is 36.4 Å². The molecular formula is C20H23NO4. The van der Waals surface area contributed by atoms with E-state index in [0.717, 1.165) is 18.5 Å². The molecule has 3 aliphatic heterocycles. The van der Waals surface area contributed by atoms with E-state index < -0.39 is 17.4 Å². The Morgan fingerprint density at radius 1 is 1.32 bits per heavy atom. The Labute approximate surface area is 147 Å². The zero-order chi connectivity index (χ0) is 17.6. The van der Waals surface area contributed by atoms with Gasteiger partial charge in [-0.2, -0.15) is 0 Å². The van der Waals surface area contributed by atoms with Crippen molar-refractivity contribution in [2.24, 2.45) is 11.8 Å². The van der Waals surface area contributed by atoms with Crippen molar-refractivity contribution in [1.29, 1.82) is 0 Å². The summed E-state index contributed by atoms with van der Waals surface area (Å²) in [5.74, 6) is -1.39.